The zero-order valence-corrected chi connectivity index (χ0v) is 9.45. The van der Waals surface area contributed by atoms with Gasteiger partial charge in [0.15, 0.2) is 0 Å². The van der Waals surface area contributed by atoms with E-state index >= 15 is 0 Å². The molecule has 0 aromatic carbocycles. The fourth-order valence-electron chi connectivity index (χ4n) is 3.11. The number of nitrogen functional groups attached to an aromatic ring is 1. The average Bonchev–Trinajstić information content (AvgIpc) is 2.91. The highest BCUT2D eigenvalue weighted by Crippen LogP contribution is 2.38. The van der Waals surface area contributed by atoms with Crippen molar-refractivity contribution >= 4 is 11.5 Å². The number of aromatic nitrogens is 2. The molecule has 3 rings (SSSR count). The van der Waals surface area contributed by atoms with Gasteiger partial charge in [-0.15, -0.1) is 0 Å². The number of hydrogen-bond acceptors (Lipinski definition) is 5. The Morgan fingerprint density at radius 1 is 1.41 bits per heavy atom. The quantitative estimate of drug-likeness (QED) is 0.606. The first-order valence-electron chi connectivity index (χ1n) is 5.90. The smallest absolute Gasteiger partial charge is 0.330 e. The molecule has 2 aliphatic rings. The lowest BCUT2D eigenvalue weighted by molar-refractivity contribution is -0.384. The molecule has 1 aromatic heterocycles. The Morgan fingerprint density at radius 2 is 2.24 bits per heavy atom. The van der Waals surface area contributed by atoms with E-state index in [1.54, 1.807) is 4.68 Å². The molecule has 2 aliphatic heterocycles. The molecule has 2 fully saturated rings. The summed E-state index contributed by atoms with van der Waals surface area (Å²) in [4.78, 5) is 12.7. The van der Waals surface area contributed by atoms with Crippen LogP contribution in [0, 0.1) is 10.1 Å². The van der Waals surface area contributed by atoms with E-state index in [1.807, 2.05) is 0 Å². The largest absolute Gasteiger partial charge is 0.378 e. The minimum Gasteiger partial charge on any atom is -0.378 e. The van der Waals surface area contributed by atoms with Gasteiger partial charge in [0, 0.05) is 12.6 Å². The first-order chi connectivity index (χ1) is 8.18. The highest BCUT2D eigenvalue weighted by atomic mass is 16.6. The Bertz CT molecular complexity index is 458. The van der Waals surface area contributed by atoms with Crippen molar-refractivity contribution in [2.45, 2.75) is 31.3 Å². The maximum Gasteiger partial charge on any atom is 0.330 e. The third-order valence-electron chi connectivity index (χ3n) is 3.89. The Labute approximate surface area is 98.3 Å². The van der Waals surface area contributed by atoms with Gasteiger partial charge < -0.3 is 5.73 Å². The summed E-state index contributed by atoms with van der Waals surface area (Å²) < 4.78 is 1.65. The fourth-order valence-corrected chi connectivity index (χ4v) is 3.11. The zero-order valence-electron chi connectivity index (χ0n) is 9.45. The fraction of sp³-hybridized carbons (Fsp3) is 0.700. The lowest BCUT2D eigenvalue weighted by Crippen LogP contribution is -2.28. The van der Waals surface area contributed by atoms with E-state index in [9.17, 15) is 10.1 Å². The molecular weight excluding hydrogens is 222 g/mol. The molecule has 0 aliphatic carbocycles. The Hall–Kier alpha value is -1.63. The molecule has 0 bridgehead atoms. The van der Waals surface area contributed by atoms with E-state index in [4.69, 9.17) is 5.73 Å². The van der Waals surface area contributed by atoms with Crippen LogP contribution in [0.25, 0.3) is 0 Å². The van der Waals surface area contributed by atoms with Crippen LogP contribution in [0.4, 0.5) is 11.5 Å². The third-order valence-corrected chi connectivity index (χ3v) is 3.89. The molecule has 3 heterocycles. The van der Waals surface area contributed by atoms with Crippen LogP contribution in [0.3, 0.4) is 0 Å². The first-order valence-corrected chi connectivity index (χ1v) is 5.90. The second-order valence-electron chi connectivity index (χ2n) is 4.72. The Kier molecular flexibility index (Phi) is 2.29. The number of hydrogen-bond donors (Lipinski definition) is 1. The van der Waals surface area contributed by atoms with Crippen LogP contribution in [-0.2, 0) is 0 Å². The molecule has 2 N–H and O–H groups in total. The van der Waals surface area contributed by atoms with Crippen LogP contribution in [0.5, 0.6) is 0 Å². The van der Waals surface area contributed by atoms with Crippen LogP contribution in [0.1, 0.15) is 25.3 Å². The lowest BCUT2D eigenvalue weighted by Gasteiger charge is -2.20. The monoisotopic (exact) mass is 237 g/mol. The molecule has 7 heteroatoms. The number of nitrogens with two attached hydrogens (primary N) is 1. The number of nitro groups is 1. The van der Waals surface area contributed by atoms with Crippen LogP contribution < -0.4 is 5.73 Å². The minimum atomic E-state index is -0.472. The summed E-state index contributed by atoms with van der Waals surface area (Å²) in [5, 5.41) is 14.8. The van der Waals surface area contributed by atoms with Crippen molar-refractivity contribution in [1.29, 1.82) is 0 Å². The molecule has 0 spiro atoms. The summed E-state index contributed by atoms with van der Waals surface area (Å²) in [5.74, 6) is 0.189. The van der Waals surface area contributed by atoms with Gasteiger partial charge >= 0.3 is 5.69 Å². The molecular formula is C10H15N5O2. The molecule has 0 radical (unpaired) electrons. The van der Waals surface area contributed by atoms with Crippen molar-refractivity contribution < 1.29 is 4.92 Å². The third kappa shape index (κ3) is 1.49. The van der Waals surface area contributed by atoms with Crippen LogP contribution in [-0.4, -0.2) is 38.7 Å². The number of nitrogens with zero attached hydrogens (tertiary/aromatic N) is 4. The standard InChI is InChI=1S/C10H15N5O2/c11-10-9(15(16)17)6-12-14(10)8-3-5-13-4-1-2-7(8)13/h6-8H,1-5,11H2. The normalized spacial score (nSPS) is 28.5. The van der Waals surface area contributed by atoms with Crippen molar-refractivity contribution in [3.63, 3.8) is 0 Å². The van der Waals surface area contributed by atoms with E-state index in [0.29, 0.717) is 6.04 Å². The summed E-state index contributed by atoms with van der Waals surface area (Å²) >= 11 is 0. The second kappa shape index (κ2) is 3.69. The van der Waals surface area contributed by atoms with E-state index < -0.39 is 4.92 Å². The minimum absolute atomic E-state index is 0.0820. The zero-order chi connectivity index (χ0) is 12.0. The van der Waals surface area contributed by atoms with Gasteiger partial charge in [-0.3, -0.25) is 15.0 Å². The predicted octanol–water partition coefficient (Wildman–Crippen LogP) is 0.783. The predicted molar refractivity (Wildman–Crippen MR) is 61.5 cm³/mol. The van der Waals surface area contributed by atoms with Crippen LogP contribution in [0.15, 0.2) is 6.20 Å². The summed E-state index contributed by atoms with van der Waals surface area (Å²) in [6, 6.07) is 0.656. The Balaban J connectivity index is 1.92. The SMILES string of the molecule is Nc1c([N+](=O)[O-])cnn1C1CCN2CCCC12. The molecule has 7 nitrogen and oxygen atoms in total. The van der Waals surface area contributed by atoms with E-state index in [-0.39, 0.29) is 17.5 Å². The van der Waals surface area contributed by atoms with E-state index in [1.165, 1.54) is 12.6 Å². The number of anilines is 1. The summed E-state index contributed by atoms with van der Waals surface area (Å²) in [6.45, 7) is 2.17. The van der Waals surface area contributed by atoms with Gasteiger partial charge in [0.25, 0.3) is 0 Å². The first kappa shape index (κ1) is 10.5. The van der Waals surface area contributed by atoms with Crippen molar-refractivity contribution in [3.8, 4) is 0 Å². The summed E-state index contributed by atoms with van der Waals surface area (Å²) in [7, 11) is 0. The average molecular weight is 237 g/mol. The summed E-state index contributed by atoms with van der Waals surface area (Å²) in [6.07, 6.45) is 4.57. The second-order valence-corrected chi connectivity index (χ2v) is 4.72. The van der Waals surface area contributed by atoms with Crippen molar-refractivity contribution in [2.75, 3.05) is 18.8 Å². The molecule has 92 valence electrons. The van der Waals surface area contributed by atoms with Gasteiger partial charge in [0.2, 0.25) is 5.82 Å². The van der Waals surface area contributed by atoms with Crippen molar-refractivity contribution in [1.82, 2.24) is 14.7 Å². The molecule has 2 saturated heterocycles. The van der Waals surface area contributed by atoms with Gasteiger partial charge in [-0.05, 0) is 25.8 Å². The van der Waals surface area contributed by atoms with E-state index in [0.717, 1.165) is 25.9 Å². The molecule has 0 saturated carbocycles. The van der Waals surface area contributed by atoms with Crippen LogP contribution in [0.2, 0.25) is 0 Å². The van der Waals surface area contributed by atoms with Crippen molar-refractivity contribution in [2.24, 2.45) is 0 Å². The molecule has 1 aromatic rings. The van der Waals surface area contributed by atoms with Gasteiger partial charge in [0.1, 0.15) is 6.20 Å². The van der Waals surface area contributed by atoms with Gasteiger partial charge in [-0.1, -0.05) is 0 Å². The highest BCUT2D eigenvalue weighted by Gasteiger charge is 2.40. The number of fused-ring (bicyclic) bond motifs is 1. The van der Waals surface area contributed by atoms with Gasteiger partial charge in [0.05, 0.1) is 11.0 Å². The van der Waals surface area contributed by atoms with Gasteiger partial charge in [-0.25, -0.2) is 4.68 Å². The lowest BCUT2D eigenvalue weighted by atomic mass is 10.1. The molecule has 2 unspecified atom stereocenters. The maximum absolute atomic E-state index is 10.7. The molecule has 0 amide bonds. The topological polar surface area (TPSA) is 90.2 Å². The summed E-state index contributed by atoms with van der Waals surface area (Å²) in [5.41, 5.74) is 5.73. The van der Waals surface area contributed by atoms with Crippen LogP contribution >= 0.6 is 0 Å². The maximum atomic E-state index is 10.7. The van der Waals surface area contributed by atoms with E-state index in [2.05, 4.69) is 10.00 Å². The Morgan fingerprint density at radius 3 is 2.94 bits per heavy atom. The molecule has 2 atom stereocenters. The van der Waals surface area contributed by atoms with Crippen molar-refractivity contribution in [3.05, 3.63) is 16.3 Å². The highest BCUT2D eigenvalue weighted by molar-refractivity contribution is 5.51. The number of rotatable bonds is 2. The van der Waals surface area contributed by atoms with Gasteiger partial charge in [-0.2, -0.15) is 5.10 Å². The molecule has 17 heavy (non-hydrogen) atoms.